The minimum absolute atomic E-state index is 0.489. The molecule has 60 heavy (non-hydrogen) atoms. The van der Waals surface area contributed by atoms with Crippen molar-refractivity contribution < 1.29 is 0 Å². The van der Waals surface area contributed by atoms with Gasteiger partial charge in [0.25, 0.3) is 0 Å². The van der Waals surface area contributed by atoms with E-state index in [2.05, 4.69) is 211 Å². The molecule has 0 bridgehead atoms. The van der Waals surface area contributed by atoms with Crippen LogP contribution >= 0.6 is 0 Å². The molecular weight excluding hydrogens is 727 g/mol. The van der Waals surface area contributed by atoms with Crippen LogP contribution in [0.3, 0.4) is 0 Å². The highest BCUT2D eigenvalue weighted by Gasteiger charge is 2.50. The van der Waals surface area contributed by atoms with E-state index in [9.17, 15) is 0 Å². The van der Waals surface area contributed by atoms with Crippen LogP contribution in [0.25, 0.3) is 94.4 Å². The van der Waals surface area contributed by atoms with Gasteiger partial charge in [-0.05, 0) is 79.9 Å². The molecule has 1 unspecified atom stereocenters. The number of aromatic nitrogens is 3. The molecule has 1 aliphatic heterocycles. The number of benzene rings is 9. The summed E-state index contributed by atoms with van der Waals surface area (Å²) < 4.78 is 2.50. The molecule has 3 nitrogen and oxygen atoms in total. The van der Waals surface area contributed by atoms with Gasteiger partial charge in [-0.3, -0.25) is 0 Å². The van der Waals surface area contributed by atoms with Gasteiger partial charge in [0.15, 0.2) is 5.82 Å². The Hall–Kier alpha value is -7.88. The van der Waals surface area contributed by atoms with Crippen molar-refractivity contribution in [1.29, 1.82) is 0 Å². The summed E-state index contributed by atoms with van der Waals surface area (Å²) in [5.74, 6) is 0.716. The second kappa shape index (κ2) is 12.6. The first-order valence-electron chi connectivity index (χ1n) is 20.7. The van der Waals surface area contributed by atoms with Crippen molar-refractivity contribution in [3.63, 3.8) is 0 Å². The summed E-state index contributed by atoms with van der Waals surface area (Å²) in [4.78, 5) is 10.3. The highest BCUT2D eigenvalue weighted by Crippen LogP contribution is 2.61. The maximum Gasteiger partial charge on any atom is 0.160 e. The molecule has 0 amide bonds. The topological polar surface area (TPSA) is 30.7 Å². The minimum Gasteiger partial charge on any atom is -0.309 e. The zero-order valence-electron chi connectivity index (χ0n) is 32.5. The molecule has 13 rings (SSSR count). The van der Waals surface area contributed by atoms with Crippen LogP contribution in [0.2, 0.25) is 0 Å². The number of hydrogen-bond donors (Lipinski definition) is 0. The number of nitrogens with zero attached hydrogens (tertiary/aromatic N) is 3. The van der Waals surface area contributed by atoms with Gasteiger partial charge in [-0.15, -0.1) is 0 Å². The van der Waals surface area contributed by atoms with Crippen LogP contribution in [0.4, 0.5) is 0 Å². The Kier molecular flexibility index (Phi) is 6.93. The van der Waals surface area contributed by atoms with Crippen LogP contribution in [-0.2, 0) is 5.41 Å². The van der Waals surface area contributed by atoms with Crippen LogP contribution in [0.1, 0.15) is 22.3 Å². The highest BCUT2D eigenvalue weighted by molar-refractivity contribution is 6.13. The van der Waals surface area contributed by atoms with Crippen molar-refractivity contribution in [3.8, 4) is 61.7 Å². The van der Waals surface area contributed by atoms with Gasteiger partial charge in [-0.1, -0.05) is 188 Å². The summed E-state index contributed by atoms with van der Waals surface area (Å²) in [7, 11) is 0. The molecule has 2 aliphatic rings. The second-order valence-corrected chi connectivity index (χ2v) is 16.1. The molecule has 0 N–H and O–H groups in total. The van der Waals surface area contributed by atoms with Crippen LogP contribution in [0.15, 0.2) is 212 Å². The maximum atomic E-state index is 5.23. The Labute approximate surface area is 347 Å². The fourth-order valence-corrected chi connectivity index (χ4v) is 10.4. The normalized spacial score (nSPS) is 14.7. The summed E-state index contributed by atoms with van der Waals surface area (Å²) in [5, 5.41) is 3.61. The van der Waals surface area contributed by atoms with Crippen molar-refractivity contribution in [2.45, 2.75) is 5.41 Å². The fraction of sp³-hybridized carbons (Fsp3) is 0.0175. The van der Waals surface area contributed by atoms with Gasteiger partial charge in [0.05, 0.1) is 33.3 Å². The average Bonchev–Trinajstić information content (AvgIpc) is 3.82. The third-order valence-electron chi connectivity index (χ3n) is 13.0. The molecule has 0 saturated carbocycles. The van der Waals surface area contributed by atoms with Gasteiger partial charge in [0.1, 0.15) is 0 Å². The lowest BCUT2D eigenvalue weighted by atomic mass is 9.65. The minimum atomic E-state index is -0.489. The Morgan fingerprint density at radius 3 is 1.78 bits per heavy atom. The molecule has 0 radical (unpaired) electrons. The lowest BCUT2D eigenvalue weighted by Gasteiger charge is -2.39. The van der Waals surface area contributed by atoms with Gasteiger partial charge < -0.3 is 4.57 Å². The molecule has 1 atom stereocenters. The van der Waals surface area contributed by atoms with E-state index in [1.54, 1.807) is 0 Å². The number of fused-ring (bicyclic) bond motifs is 13. The lowest BCUT2D eigenvalue weighted by molar-refractivity contribution is 0.749. The van der Waals surface area contributed by atoms with Crippen LogP contribution < -0.4 is 0 Å². The molecule has 0 fully saturated rings. The molecule has 1 spiro atoms. The molecule has 3 heteroatoms. The van der Waals surface area contributed by atoms with E-state index in [0.29, 0.717) is 5.82 Å². The Bertz CT molecular complexity index is 3530. The van der Waals surface area contributed by atoms with Gasteiger partial charge in [-0.25, -0.2) is 9.97 Å². The first kappa shape index (κ1) is 33.1. The van der Waals surface area contributed by atoms with Crippen LogP contribution in [0.5, 0.6) is 0 Å². The molecule has 278 valence electrons. The summed E-state index contributed by atoms with van der Waals surface area (Å²) in [6.45, 7) is 0. The van der Waals surface area contributed by atoms with Crippen molar-refractivity contribution in [1.82, 2.24) is 14.5 Å². The first-order chi connectivity index (χ1) is 29.8. The predicted octanol–water partition coefficient (Wildman–Crippen LogP) is 14.1. The largest absolute Gasteiger partial charge is 0.309 e. The summed E-state index contributed by atoms with van der Waals surface area (Å²) in [6.07, 6.45) is 0. The second-order valence-electron chi connectivity index (χ2n) is 16.1. The third-order valence-corrected chi connectivity index (χ3v) is 13.0. The van der Waals surface area contributed by atoms with Gasteiger partial charge in [0.2, 0.25) is 0 Å². The van der Waals surface area contributed by atoms with E-state index in [1.165, 1.54) is 77.6 Å². The van der Waals surface area contributed by atoms with E-state index in [1.807, 2.05) is 6.07 Å². The van der Waals surface area contributed by atoms with E-state index < -0.39 is 5.41 Å². The SMILES string of the molecule is c1ccc(-c2ccc(-c3nc(-c4ccc(-c5ccc6c(c5)C5(c7ccccc7-6)c6ccccc6-n6c7ccccc7c7cccc5c76)cc4)nc4ccccc34)cc2)cc1. The van der Waals surface area contributed by atoms with Crippen LogP contribution in [0, 0.1) is 0 Å². The fourth-order valence-electron chi connectivity index (χ4n) is 10.4. The molecule has 2 aromatic heterocycles. The lowest BCUT2D eigenvalue weighted by Crippen LogP contribution is -2.33. The van der Waals surface area contributed by atoms with E-state index in [-0.39, 0.29) is 0 Å². The molecule has 9 aromatic carbocycles. The van der Waals surface area contributed by atoms with Crippen molar-refractivity contribution in [2.24, 2.45) is 0 Å². The molecule has 0 saturated heterocycles. The zero-order chi connectivity index (χ0) is 39.4. The number of rotatable bonds is 4. The molecule has 3 heterocycles. The smallest absolute Gasteiger partial charge is 0.160 e. The van der Waals surface area contributed by atoms with E-state index >= 15 is 0 Å². The number of para-hydroxylation sites is 4. The summed E-state index contributed by atoms with van der Waals surface area (Å²) in [5.41, 5.74) is 19.8. The van der Waals surface area contributed by atoms with Crippen molar-refractivity contribution in [3.05, 3.63) is 235 Å². The van der Waals surface area contributed by atoms with Gasteiger partial charge in [-0.2, -0.15) is 0 Å². The van der Waals surface area contributed by atoms with E-state index in [4.69, 9.17) is 9.97 Å². The summed E-state index contributed by atoms with van der Waals surface area (Å²) in [6, 6.07) is 77.3. The quantitative estimate of drug-likeness (QED) is 0.179. The molecular formula is C57H35N3. The average molecular weight is 762 g/mol. The monoisotopic (exact) mass is 761 g/mol. The Balaban J connectivity index is 0.952. The van der Waals surface area contributed by atoms with Gasteiger partial charge in [0, 0.05) is 27.3 Å². The van der Waals surface area contributed by atoms with E-state index in [0.717, 1.165) is 33.3 Å². The van der Waals surface area contributed by atoms with Gasteiger partial charge >= 0.3 is 0 Å². The summed E-state index contributed by atoms with van der Waals surface area (Å²) >= 11 is 0. The maximum absolute atomic E-state index is 5.23. The zero-order valence-corrected chi connectivity index (χ0v) is 32.5. The third kappa shape index (κ3) is 4.54. The van der Waals surface area contributed by atoms with Crippen LogP contribution in [-0.4, -0.2) is 14.5 Å². The first-order valence-corrected chi connectivity index (χ1v) is 20.7. The van der Waals surface area contributed by atoms with Crippen molar-refractivity contribution >= 4 is 32.7 Å². The Morgan fingerprint density at radius 2 is 0.933 bits per heavy atom. The highest BCUT2D eigenvalue weighted by atomic mass is 15.0. The van der Waals surface area contributed by atoms with Crippen molar-refractivity contribution in [2.75, 3.05) is 0 Å². The molecule has 11 aromatic rings. The predicted molar refractivity (Wildman–Crippen MR) is 246 cm³/mol. The standard InChI is InChI=1S/C57H35N3/c1-2-13-36(14-3-1)37-25-29-39(30-26-37)54-46-17-5-9-22-51(46)58-56(59-54)40-31-27-38(28-32-40)41-33-34-43-42-15-4-7-19-47(42)57(50(43)35-41)48-20-8-11-24-53(48)60-52-23-10-6-16-44(52)45-18-12-21-49(57)55(45)60/h1-35H. The Morgan fingerprint density at radius 1 is 0.350 bits per heavy atom. The molecule has 1 aliphatic carbocycles. The number of hydrogen-bond acceptors (Lipinski definition) is 2.